The van der Waals surface area contributed by atoms with Gasteiger partial charge in [0, 0.05) is 18.4 Å². The van der Waals surface area contributed by atoms with E-state index in [1.165, 1.54) is 18.4 Å². The lowest BCUT2D eigenvalue weighted by Crippen LogP contribution is -2.26. The van der Waals surface area contributed by atoms with Crippen molar-refractivity contribution in [2.75, 3.05) is 26.0 Å². The summed E-state index contributed by atoms with van der Waals surface area (Å²) in [5.41, 5.74) is 1.31. The highest BCUT2D eigenvalue weighted by Crippen LogP contribution is 2.16. The minimum atomic E-state index is 0.741. The number of alkyl halides is 1. The molecule has 0 fully saturated rings. The van der Waals surface area contributed by atoms with Gasteiger partial charge in [0.25, 0.3) is 0 Å². The summed E-state index contributed by atoms with van der Waals surface area (Å²) in [6.45, 7) is 4.36. The average molecular weight is 314 g/mol. The lowest BCUT2D eigenvalue weighted by atomic mass is 10.1. The molecule has 1 aromatic rings. The van der Waals surface area contributed by atoms with Crippen LogP contribution in [-0.2, 0) is 6.54 Å². The van der Waals surface area contributed by atoms with Crippen molar-refractivity contribution in [2.45, 2.75) is 26.3 Å². The Kier molecular flexibility index (Phi) is 7.36. The summed E-state index contributed by atoms with van der Waals surface area (Å²) < 4.78 is 5.25. The van der Waals surface area contributed by atoms with Gasteiger partial charge in [0.2, 0.25) is 0 Å². The molecule has 0 aliphatic rings. The Morgan fingerprint density at radius 1 is 1.39 bits per heavy atom. The average Bonchev–Trinajstić information content (AvgIpc) is 2.38. The topological polar surface area (TPSA) is 12.5 Å². The Morgan fingerprint density at radius 3 is 2.78 bits per heavy atom. The fraction of sp³-hybridized carbons (Fsp3) is 0.600. The summed E-state index contributed by atoms with van der Waals surface area (Å²) in [5.74, 6) is 1.68. The van der Waals surface area contributed by atoms with Crippen LogP contribution in [0.5, 0.6) is 5.75 Å². The second kappa shape index (κ2) is 8.54. The number of benzene rings is 1. The number of rotatable bonds is 8. The number of hydrogen-bond donors (Lipinski definition) is 0. The molecule has 2 nitrogen and oxygen atoms in total. The van der Waals surface area contributed by atoms with Gasteiger partial charge < -0.3 is 9.64 Å². The van der Waals surface area contributed by atoms with Crippen LogP contribution in [0.4, 0.5) is 0 Å². The van der Waals surface area contributed by atoms with E-state index in [1.54, 1.807) is 7.11 Å². The second-order valence-corrected chi connectivity index (χ2v) is 5.50. The summed E-state index contributed by atoms with van der Waals surface area (Å²) in [6, 6.07) is 8.30. The maximum atomic E-state index is 5.25. The molecule has 1 unspecified atom stereocenters. The number of ether oxygens (including phenoxy) is 1. The van der Waals surface area contributed by atoms with Crippen molar-refractivity contribution in [1.29, 1.82) is 0 Å². The Labute approximate surface area is 119 Å². The molecule has 1 aromatic carbocycles. The zero-order valence-corrected chi connectivity index (χ0v) is 13.2. The molecule has 0 spiro atoms. The summed E-state index contributed by atoms with van der Waals surface area (Å²) in [6.07, 6.45) is 2.54. The van der Waals surface area contributed by atoms with Gasteiger partial charge in [-0.25, -0.2) is 0 Å². The zero-order valence-electron chi connectivity index (χ0n) is 11.7. The van der Waals surface area contributed by atoms with Gasteiger partial charge >= 0.3 is 0 Å². The predicted octanol–water partition coefficient (Wildman–Crippen LogP) is 3.94. The second-order valence-electron chi connectivity index (χ2n) is 4.86. The van der Waals surface area contributed by atoms with E-state index in [2.05, 4.69) is 53.0 Å². The third-order valence-corrected chi connectivity index (χ3v) is 3.99. The van der Waals surface area contributed by atoms with E-state index in [-0.39, 0.29) is 0 Å². The van der Waals surface area contributed by atoms with Gasteiger partial charge in [-0.15, -0.1) is 0 Å². The molecule has 0 saturated carbocycles. The normalized spacial score (nSPS) is 12.7. The highest BCUT2D eigenvalue weighted by Gasteiger charge is 2.10. The summed E-state index contributed by atoms with van der Waals surface area (Å²) in [4.78, 5) is 2.39. The molecule has 0 radical (unpaired) electrons. The quantitative estimate of drug-likeness (QED) is 0.674. The summed E-state index contributed by atoms with van der Waals surface area (Å²) >= 11 is 3.61. The van der Waals surface area contributed by atoms with Gasteiger partial charge in [-0.1, -0.05) is 41.4 Å². The third-order valence-electron chi connectivity index (χ3n) is 3.07. The van der Waals surface area contributed by atoms with Crippen LogP contribution >= 0.6 is 15.9 Å². The van der Waals surface area contributed by atoms with Crippen molar-refractivity contribution in [3.63, 3.8) is 0 Å². The number of hydrogen-bond acceptors (Lipinski definition) is 2. The van der Waals surface area contributed by atoms with Gasteiger partial charge in [-0.2, -0.15) is 0 Å². The van der Waals surface area contributed by atoms with Gasteiger partial charge in [0.1, 0.15) is 5.75 Å². The van der Waals surface area contributed by atoms with E-state index in [1.807, 2.05) is 6.07 Å². The fourth-order valence-electron chi connectivity index (χ4n) is 2.21. The van der Waals surface area contributed by atoms with Crippen molar-refractivity contribution < 1.29 is 4.74 Å². The van der Waals surface area contributed by atoms with Crippen molar-refractivity contribution in [3.8, 4) is 5.75 Å². The van der Waals surface area contributed by atoms with Crippen LogP contribution in [0, 0.1) is 5.92 Å². The molecule has 0 N–H and O–H groups in total. The zero-order chi connectivity index (χ0) is 13.4. The minimum absolute atomic E-state index is 0.741. The lowest BCUT2D eigenvalue weighted by Gasteiger charge is -2.22. The van der Waals surface area contributed by atoms with Gasteiger partial charge in [-0.3, -0.25) is 0 Å². The first kappa shape index (κ1) is 15.5. The molecule has 18 heavy (non-hydrogen) atoms. The van der Waals surface area contributed by atoms with Crippen LogP contribution in [0.25, 0.3) is 0 Å². The highest BCUT2D eigenvalue weighted by atomic mass is 79.9. The van der Waals surface area contributed by atoms with Crippen LogP contribution in [0.15, 0.2) is 24.3 Å². The first-order valence-corrected chi connectivity index (χ1v) is 7.69. The van der Waals surface area contributed by atoms with E-state index in [0.717, 1.165) is 30.1 Å². The summed E-state index contributed by atoms with van der Waals surface area (Å²) in [5, 5.41) is 1.09. The van der Waals surface area contributed by atoms with Gasteiger partial charge in [-0.05, 0) is 37.1 Å². The third kappa shape index (κ3) is 5.40. The number of methoxy groups -OCH3 is 1. The summed E-state index contributed by atoms with van der Waals surface area (Å²) in [7, 11) is 3.90. The molecule has 102 valence electrons. The van der Waals surface area contributed by atoms with Crippen LogP contribution in [0.2, 0.25) is 0 Å². The van der Waals surface area contributed by atoms with E-state index in [0.29, 0.717) is 0 Å². The Hall–Kier alpha value is -0.540. The van der Waals surface area contributed by atoms with E-state index in [4.69, 9.17) is 4.74 Å². The monoisotopic (exact) mass is 313 g/mol. The van der Waals surface area contributed by atoms with Crippen LogP contribution < -0.4 is 4.74 Å². The molecule has 0 aliphatic carbocycles. The molecule has 0 heterocycles. The molecule has 0 aliphatic heterocycles. The highest BCUT2D eigenvalue weighted by molar-refractivity contribution is 9.09. The largest absolute Gasteiger partial charge is 0.497 e. The first-order chi connectivity index (χ1) is 8.69. The smallest absolute Gasteiger partial charge is 0.119 e. The Balaban J connectivity index is 2.49. The van der Waals surface area contributed by atoms with E-state index >= 15 is 0 Å². The van der Waals surface area contributed by atoms with Crippen molar-refractivity contribution >= 4 is 15.9 Å². The molecule has 0 aromatic heterocycles. The standard InChI is InChI=1S/C15H24BrNO/c1-4-6-14(10-16)12-17(2)11-13-7-5-8-15(9-13)18-3/h5,7-9,14H,4,6,10-12H2,1-3H3. The SMILES string of the molecule is CCCC(CBr)CN(C)Cc1cccc(OC)c1. The molecular formula is C15H24BrNO. The number of halogens is 1. The van der Waals surface area contributed by atoms with Crippen LogP contribution in [0.1, 0.15) is 25.3 Å². The molecule has 3 heteroatoms. The maximum absolute atomic E-state index is 5.25. The molecule has 1 atom stereocenters. The molecular weight excluding hydrogens is 290 g/mol. The fourth-order valence-corrected chi connectivity index (χ4v) is 2.74. The molecule has 0 amide bonds. The van der Waals surface area contributed by atoms with E-state index < -0.39 is 0 Å². The van der Waals surface area contributed by atoms with Crippen LogP contribution in [0.3, 0.4) is 0 Å². The Bertz CT molecular complexity index is 343. The van der Waals surface area contributed by atoms with E-state index in [9.17, 15) is 0 Å². The maximum Gasteiger partial charge on any atom is 0.119 e. The van der Waals surface area contributed by atoms with Crippen molar-refractivity contribution in [3.05, 3.63) is 29.8 Å². The van der Waals surface area contributed by atoms with Crippen molar-refractivity contribution in [1.82, 2.24) is 4.90 Å². The molecule has 0 bridgehead atoms. The minimum Gasteiger partial charge on any atom is -0.497 e. The van der Waals surface area contributed by atoms with Gasteiger partial charge in [0.15, 0.2) is 0 Å². The molecule has 1 rings (SSSR count). The lowest BCUT2D eigenvalue weighted by molar-refractivity contribution is 0.273. The first-order valence-electron chi connectivity index (χ1n) is 6.57. The number of nitrogens with zero attached hydrogens (tertiary/aromatic N) is 1. The molecule has 0 saturated heterocycles. The van der Waals surface area contributed by atoms with Gasteiger partial charge in [0.05, 0.1) is 7.11 Å². The Morgan fingerprint density at radius 2 is 2.17 bits per heavy atom. The predicted molar refractivity (Wildman–Crippen MR) is 81.5 cm³/mol. The van der Waals surface area contributed by atoms with Crippen LogP contribution in [-0.4, -0.2) is 30.9 Å². The van der Waals surface area contributed by atoms with Crippen molar-refractivity contribution in [2.24, 2.45) is 5.92 Å².